The maximum Gasteiger partial charge on any atom is 0.238 e. The fourth-order valence-electron chi connectivity index (χ4n) is 4.90. The van der Waals surface area contributed by atoms with Crippen LogP contribution in [0, 0.1) is 11.8 Å². The molecule has 2 N–H and O–H groups in total. The molecule has 4 nitrogen and oxygen atoms in total. The maximum absolute atomic E-state index is 13.2. The zero-order chi connectivity index (χ0) is 24.1. The van der Waals surface area contributed by atoms with Gasteiger partial charge < -0.3 is 15.4 Å². The van der Waals surface area contributed by atoms with Crippen LogP contribution in [0.15, 0.2) is 66.7 Å². The zero-order valence-corrected chi connectivity index (χ0v) is 21.6. The number of ether oxygens (including phenoxy) is 1. The first kappa shape index (κ1) is 25.8. The van der Waals surface area contributed by atoms with Crippen LogP contribution in [0.1, 0.15) is 56.9 Å². The van der Waals surface area contributed by atoms with Gasteiger partial charge in [-0.3, -0.25) is 4.79 Å². The number of carbonyl (C=O) groups excluding carboxylic acids is 1. The minimum Gasteiger partial charge on any atom is -0.457 e. The van der Waals surface area contributed by atoms with Crippen LogP contribution in [-0.4, -0.2) is 30.0 Å². The SMILES string of the molecule is O=C(NCc1ccc(Oc2ccccc2)cc1)[C@H](CSCC1CCCCC1)NCC1CC=CCC1. The number of carbonyl (C=O) groups is 1. The third-order valence-corrected chi connectivity index (χ3v) is 8.36. The first-order valence-corrected chi connectivity index (χ1v) is 14.5. The average molecular weight is 493 g/mol. The van der Waals surface area contributed by atoms with Crippen molar-refractivity contribution in [1.82, 2.24) is 10.6 Å². The van der Waals surface area contributed by atoms with E-state index in [2.05, 4.69) is 22.8 Å². The number of rotatable bonds is 12. The van der Waals surface area contributed by atoms with Crippen LogP contribution >= 0.6 is 11.8 Å². The highest BCUT2D eigenvalue weighted by Crippen LogP contribution is 2.27. The van der Waals surface area contributed by atoms with Gasteiger partial charge in [-0.25, -0.2) is 0 Å². The molecule has 2 atom stereocenters. The van der Waals surface area contributed by atoms with Crippen molar-refractivity contribution in [3.8, 4) is 11.5 Å². The van der Waals surface area contributed by atoms with E-state index in [9.17, 15) is 4.79 Å². The molecule has 0 radical (unpaired) electrons. The zero-order valence-electron chi connectivity index (χ0n) is 20.8. The fraction of sp³-hybridized carbons (Fsp3) is 0.500. The standard InChI is InChI=1S/C30H40N2O2S/c33-30(32-21-25-16-18-28(19-17-25)34-27-14-8-3-9-15-27)29(31-20-24-10-4-1-5-11-24)23-35-22-26-12-6-2-7-13-26/h1,3-4,8-9,14-19,24,26,29,31H,2,5-7,10-13,20-23H2,(H,32,33)/t24?,29-/m0/s1. The van der Waals surface area contributed by atoms with Crippen LogP contribution in [0.2, 0.25) is 0 Å². The second-order valence-electron chi connectivity index (χ2n) is 9.93. The number of thioether (sulfide) groups is 1. The summed E-state index contributed by atoms with van der Waals surface area (Å²) in [5.74, 6) is 5.22. The van der Waals surface area contributed by atoms with E-state index >= 15 is 0 Å². The first-order valence-electron chi connectivity index (χ1n) is 13.3. The third-order valence-electron chi connectivity index (χ3n) is 7.08. The number of hydrogen-bond donors (Lipinski definition) is 2. The van der Waals surface area contributed by atoms with Gasteiger partial charge in [-0.2, -0.15) is 11.8 Å². The molecule has 0 bridgehead atoms. The summed E-state index contributed by atoms with van der Waals surface area (Å²) in [6.45, 7) is 1.44. The molecule has 1 fully saturated rings. The van der Waals surface area contributed by atoms with Crippen molar-refractivity contribution >= 4 is 17.7 Å². The number of hydrogen-bond acceptors (Lipinski definition) is 4. The Labute approximate surface area is 215 Å². The number of benzene rings is 2. The summed E-state index contributed by atoms with van der Waals surface area (Å²) in [6.07, 6.45) is 14.9. The van der Waals surface area contributed by atoms with Crippen molar-refractivity contribution in [2.24, 2.45) is 11.8 Å². The van der Waals surface area contributed by atoms with Crippen LogP contribution in [-0.2, 0) is 11.3 Å². The summed E-state index contributed by atoms with van der Waals surface area (Å²) in [5.41, 5.74) is 1.07. The second-order valence-corrected chi connectivity index (χ2v) is 11.0. The van der Waals surface area contributed by atoms with E-state index in [1.807, 2.05) is 66.4 Å². The van der Waals surface area contributed by atoms with Gasteiger partial charge in [-0.15, -0.1) is 0 Å². The highest BCUT2D eigenvalue weighted by atomic mass is 32.2. The molecule has 2 aromatic carbocycles. The van der Waals surface area contributed by atoms with Crippen molar-refractivity contribution in [1.29, 1.82) is 0 Å². The molecular formula is C30H40N2O2S. The van der Waals surface area contributed by atoms with Crippen LogP contribution in [0.5, 0.6) is 11.5 Å². The van der Waals surface area contributed by atoms with Crippen molar-refractivity contribution in [3.05, 3.63) is 72.3 Å². The lowest BCUT2D eigenvalue weighted by atomic mass is 9.91. The molecule has 0 aliphatic heterocycles. The summed E-state index contributed by atoms with van der Waals surface area (Å²) in [5, 5.41) is 6.79. The molecule has 188 valence electrons. The predicted molar refractivity (Wildman–Crippen MR) is 147 cm³/mol. The number of amides is 1. The Morgan fingerprint density at radius 2 is 1.69 bits per heavy atom. The molecule has 35 heavy (non-hydrogen) atoms. The van der Waals surface area contributed by atoms with Gasteiger partial charge in [0.05, 0.1) is 6.04 Å². The van der Waals surface area contributed by atoms with E-state index in [4.69, 9.17) is 4.74 Å². The Hall–Kier alpha value is -2.24. The van der Waals surface area contributed by atoms with E-state index in [-0.39, 0.29) is 11.9 Å². The molecule has 0 spiro atoms. The lowest BCUT2D eigenvalue weighted by Gasteiger charge is -2.25. The first-order chi connectivity index (χ1) is 17.3. The second kappa shape index (κ2) is 14.4. The molecule has 2 aromatic rings. The largest absolute Gasteiger partial charge is 0.457 e. The monoisotopic (exact) mass is 492 g/mol. The lowest BCUT2D eigenvalue weighted by molar-refractivity contribution is -0.122. The van der Waals surface area contributed by atoms with Gasteiger partial charge in [0.2, 0.25) is 5.91 Å². The summed E-state index contributed by atoms with van der Waals surface area (Å²) < 4.78 is 5.88. The Morgan fingerprint density at radius 1 is 0.914 bits per heavy atom. The molecule has 1 amide bonds. The number of allylic oxidation sites excluding steroid dienone is 2. The van der Waals surface area contributed by atoms with E-state index in [0.717, 1.165) is 48.1 Å². The van der Waals surface area contributed by atoms with Gasteiger partial charge in [0.1, 0.15) is 11.5 Å². The van der Waals surface area contributed by atoms with E-state index < -0.39 is 0 Å². The Kier molecular flexibility index (Phi) is 10.6. The van der Waals surface area contributed by atoms with E-state index in [0.29, 0.717) is 12.5 Å². The molecule has 0 aromatic heterocycles. The molecule has 2 aliphatic rings. The normalized spacial score (nSPS) is 19.3. The Balaban J connectivity index is 1.26. The van der Waals surface area contributed by atoms with Gasteiger partial charge >= 0.3 is 0 Å². The van der Waals surface area contributed by atoms with E-state index in [1.54, 1.807) is 0 Å². The van der Waals surface area contributed by atoms with Crippen LogP contribution in [0.25, 0.3) is 0 Å². The molecule has 4 rings (SSSR count). The third kappa shape index (κ3) is 9.05. The summed E-state index contributed by atoms with van der Waals surface area (Å²) in [6, 6.07) is 17.6. The number of para-hydroxylation sites is 1. The molecular weight excluding hydrogens is 452 g/mol. The highest BCUT2D eigenvalue weighted by Gasteiger charge is 2.21. The molecule has 1 unspecified atom stereocenters. The van der Waals surface area contributed by atoms with Crippen LogP contribution in [0.3, 0.4) is 0 Å². The summed E-state index contributed by atoms with van der Waals surface area (Å²) >= 11 is 1.95. The lowest BCUT2D eigenvalue weighted by Crippen LogP contribution is -2.47. The Bertz CT molecular complexity index is 910. The summed E-state index contributed by atoms with van der Waals surface area (Å²) in [7, 11) is 0. The molecule has 5 heteroatoms. The smallest absolute Gasteiger partial charge is 0.238 e. The van der Waals surface area contributed by atoms with Gasteiger partial charge in [0.25, 0.3) is 0 Å². The van der Waals surface area contributed by atoms with Crippen molar-refractivity contribution in [2.45, 2.75) is 64.0 Å². The fourth-order valence-corrected chi connectivity index (χ4v) is 6.20. The van der Waals surface area contributed by atoms with Crippen molar-refractivity contribution in [2.75, 3.05) is 18.1 Å². The topological polar surface area (TPSA) is 50.4 Å². The number of nitrogens with one attached hydrogen (secondary N) is 2. The van der Waals surface area contributed by atoms with Gasteiger partial charge in [-0.05, 0) is 86.1 Å². The molecule has 0 heterocycles. The average Bonchev–Trinajstić information content (AvgIpc) is 2.92. The van der Waals surface area contributed by atoms with Gasteiger partial charge in [0, 0.05) is 12.3 Å². The van der Waals surface area contributed by atoms with Crippen LogP contribution in [0.4, 0.5) is 0 Å². The molecule has 0 saturated heterocycles. The van der Waals surface area contributed by atoms with Crippen molar-refractivity contribution < 1.29 is 9.53 Å². The Morgan fingerprint density at radius 3 is 2.43 bits per heavy atom. The van der Waals surface area contributed by atoms with Crippen molar-refractivity contribution in [3.63, 3.8) is 0 Å². The van der Waals surface area contributed by atoms with Crippen LogP contribution < -0.4 is 15.4 Å². The predicted octanol–water partition coefficient (Wildman–Crippen LogP) is 6.72. The molecule has 1 saturated carbocycles. The minimum absolute atomic E-state index is 0.108. The van der Waals surface area contributed by atoms with Gasteiger partial charge in [0.15, 0.2) is 0 Å². The minimum atomic E-state index is -0.143. The highest BCUT2D eigenvalue weighted by molar-refractivity contribution is 7.99. The summed E-state index contributed by atoms with van der Waals surface area (Å²) in [4.78, 5) is 13.2. The molecule has 2 aliphatic carbocycles. The maximum atomic E-state index is 13.2. The quantitative estimate of drug-likeness (QED) is 0.323. The van der Waals surface area contributed by atoms with Gasteiger partial charge in [-0.1, -0.05) is 61.7 Å². The van der Waals surface area contributed by atoms with E-state index in [1.165, 1.54) is 44.3 Å².